The van der Waals surface area contributed by atoms with E-state index in [1.54, 1.807) is 11.3 Å². The van der Waals surface area contributed by atoms with Crippen molar-refractivity contribution in [3.05, 3.63) is 15.5 Å². The van der Waals surface area contributed by atoms with E-state index in [2.05, 4.69) is 30.7 Å². The quantitative estimate of drug-likeness (QED) is 0.683. The van der Waals surface area contributed by atoms with Crippen molar-refractivity contribution in [2.75, 3.05) is 6.54 Å². The number of unbranched alkanes of at least 4 members (excludes halogenated alkanes) is 2. The van der Waals surface area contributed by atoms with E-state index < -0.39 is 0 Å². The molecule has 0 fully saturated rings. The first-order chi connectivity index (χ1) is 7.63. The van der Waals surface area contributed by atoms with Gasteiger partial charge in [0.15, 0.2) is 4.47 Å². The molecule has 0 aliphatic carbocycles. The third kappa shape index (κ3) is 4.81. The van der Waals surface area contributed by atoms with Crippen LogP contribution in [0.15, 0.2) is 6.20 Å². The predicted molar refractivity (Wildman–Crippen MR) is 72.2 cm³/mol. The maximum absolute atomic E-state index is 5.84. The molecule has 1 aromatic heterocycles. The minimum absolute atomic E-state index is 0.581. The van der Waals surface area contributed by atoms with Gasteiger partial charge < -0.3 is 0 Å². The zero-order valence-electron chi connectivity index (χ0n) is 10.4. The Balaban J connectivity index is 2.44. The Morgan fingerprint density at radius 1 is 1.44 bits per heavy atom. The number of rotatable bonds is 7. The smallest absolute Gasteiger partial charge is 0.183 e. The van der Waals surface area contributed by atoms with Crippen LogP contribution in [-0.2, 0) is 6.54 Å². The fourth-order valence-electron chi connectivity index (χ4n) is 1.64. The highest BCUT2D eigenvalue weighted by Crippen LogP contribution is 2.20. The Morgan fingerprint density at radius 3 is 2.69 bits per heavy atom. The van der Waals surface area contributed by atoms with Crippen LogP contribution in [0.2, 0.25) is 4.47 Å². The highest BCUT2D eigenvalue weighted by molar-refractivity contribution is 7.15. The standard InChI is InChI=1S/C12H21ClN2S/c1-4-5-6-7-15(10(2)3)9-11-8-14-12(13)16-11/h8,10H,4-7,9H2,1-3H3. The number of hydrogen-bond donors (Lipinski definition) is 0. The van der Waals surface area contributed by atoms with Gasteiger partial charge in [-0.25, -0.2) is 4.98 Å². The van der Waals surface area contributed by atoms with Gasteiger partial charge in [0.05, 0.1) is 0 Å². The van der Waals surface area contributed by atoms with Crippen molar-refractivity contribution in [2.45, 2.75) is 52.6 Å². The highest BCUT2D eigenvalue weighted by atomic mass is 35.5. The third-order valence-corrected chi connectivity index (χ3v) is 3.76. The van der Waals surface area contributed by atoms with Gasteiger partial charge in [-0.1, -0.05) is 31.4 Å². The van der Waals surface area contributed by atoms with Crippen LogP contribution in [-0.4, -0.2) is 22.5 Å². The van der Waals surface area contributed by atoms with Gasteiger partial charge in [0.2, 0.25) is 0 Å². The number of halogens is 1. The minimum atomic E-state index is 0.581. The van der Waals surface area contributed by atoms with E-state index in [0.29, 0.717) is 10.5 Å². The fraction of sp³-hybridized carbons (Fsp3) is 0.750. The van der Waals surface area contributed by atoms with Gasteiger partial charge in [0, 0.05) is 23.7 Å². The number of nitrogens with zero attached hydrogens (tertiary/aromatic N) is 2. The first-order valence-corrected chi connectivity index (χ1v) is 7.17. The molecule has 0 aromatic carbocycles. The molecule has 0 atom stereocenters. The van der Waals surface area contributed by atoms with Crippen LogP contribution in [0.25, 0.3) is 0 Å². The van der Waals surface area contributed by atoms with Crippen LogP contribution in [0.1, 0.15) is 44.9 Å². The summed E-state index contributed by atoms with van der Waals surface area (Å²) >= 11 is 7.42. The molecule has 0 saturated heterocycles. The van der Waals surface area contributed by atoms with Crippen LogP contribution < -0.4 is 0 Å². The third-order valence-electron chi connectivity index (χ3n) is 2.66. The number of aromatic nitrogens is 1. The molecule has 4 heteroatoms. The van der Waals surface area contributed by atoms with Crippen LogP contribution in [0.3, 0.4) is 0 Å². The van der Waals surface area contributed by atoms with Crippen molar-refractivity contribution in [2.24, 2.45) is 0 Å². The molecular weight excluding hydrogens is 240 g/mol. The average molecular weight is 261 g/mol. The van der Waals surface area contributed by atoms with E-state index >= 15 is 0 Å². The van der Waals surface area contributed by atoms with Gasteiger partial charge in [0.25, 0.3) is 0 Å². The molecule has 0 unspecified atom stereocenters. The lowest BCUT2D eigenvalue weighted by Crippen LogP contribution is -2.30. The van der Waals surface area contributed by atoms with E-state index in [-0.39, 0.29) is 0 Å². The monoisotopic (exact) mass is 260 g/mol. The molecule has 0 aliphatic heterocycles. The topological polar surface area (TPSA) is 16.1 Å². The van der Waals surface area contributed by atoms with Crippen molar-refractivity contribution in [1.82, 2.24) is 9.88 Å². The summed E-state index contributed by atoms with van der Waals surface area (Å²) in [5, 5.41) is 0. The fourth-order valence-corrected chi connectivity index (χ4v) is 2.65. The van der Waals surface area contributed by atoms with Crippen molar-refractivity contribution < 1.29 is 0 Å². The van der Waals surface area contributed by atoms with Crippen molar-refractivity contribution in [3.63, 3.8) is 0 Å². The molecular formula is C12H21ClN2S. The second-order valence-electron chi connectivity index (χ2n) is 4.35. The number of thiazole rings is 1. The summed E-state index contributed by atoms with van der Waals surface area (Å²) in [6.45, 7) is 8.87. The van der Waals surface area contributed by atoms with Gasteiger partial charge in [-0.2, -0.15) is 0 Å². The first-order valence-electron chi connectivity index (χ1n) is 5.97. The molecule has 1 heterocycles. The molecule has 0 bridgehead atoms. The lowest BCUT2D eigenvalue weighted by atomic mass is 10.2. The Morgan fingerprint density at radius 2 is 2.19 bits per heavy atom. The van der Waals surface area contributed by atoms with Crippen molar-refractivity contribution >= 4 is 22.9 Å². The summed E-state index contributed by atoms with van der Waals surface area (Å²) < 4.78 is 0.646. The lowest BCUT2D eigenvalue weighted by Gasteiger charge is -2.25. The van der Waals surface area contributed by atoms with Crippen LogP contribution in [0.4, 0.5) is 0 Å². The molecule has 0 amide bonds. The Kier molecular flexibility index (Phi) is 6.32. The maximum Gasteiger partial charge on any atom is 0.183 e. The average Bonchev–Trinajstić information content (AvgIpc) is 2.63. The molecule has 1 aromatic rings. The van der Waals surface area contributed by atoms with E-state index in [4.69, 9.17) is 11.6 Å². The van der Waals surface area contributed by atoms with Crippen LogP contribution in [0.5, 0.6) is 0 Å². The highest BCUT2D eigenvalue weighted by Gasteiger charge is 2.11. The molecule has 2 nitrogen and oxygen atoms in total. The Labute approximate surface area is 108 Å². The summed E-state index contributed by atoms with van der Waals surface area (Å²) in [6, 6.07) is 0.581. The molecule has 0 radical (unpaired) electrons. The second-order valence-corrected chi connectivity index (χ2v) is 6.05. The SMILES string of the molecule is CCCCCN(Cc1cnc(Cl)s1)C(C)C. The maximum atomic E-state index is 5.84. The summed E-state index contributed by atoms with van der Waals surface area (Å²) in [4.78, 5) is 7.83. The molecule has 0 spiro atoms. The second kappa shape index (κ2) is 7.25. The van der Waals surface area contributed by atoms with Crippen LogP contribution >= 0.6 is 22.9 Å². The molecule has 92 valence electrons. The molecule has 0 aliphatic rings. The van der Waals surface area contributed by atoms with Gasteiger partial charge in [-0.05, 0) is 26.8 Å². The van der Waals surface area contributed by atoms with E-state index in [1.165, 1.54) is 30.7 Å². The van der Waals surface area contributed by atoms with Gasteiger partial charge >= 0.3 is 0 Å². The van der Waals surface area contributed by atoms with Crippen molar-refractivity contribution in [3.8, 4) is 0 Å². The predicted octanol–water partition coefficient (Wildman–Crippen LogP) is 4.20. The lowest BCUT2D eigenvalue weighted by molar-refractivity contribution is 0.210. The summed E-state index contributed by atoms with van der Waals surface area (Å²) in [6.07, 6.45) is 5.76. The van der Waals surface area contributed by atoms with Crippen molar-refractivity contribution in [1.29, 1.82) is 0 Å². The van der Waals surface area contributed by atoms with E-state index in [9.17, 15) is 0 Å². The van der Waals surface area contributed by atoms with E-state index in [1.807, 2.05) is 6.20 Å². The normalized spacial score (nSPS) is 11.6. The molecule has 0 saturated carbocycles. The summed E-state index contributed by atoms with van der Waals surface area (Å²) in [5.74, 6) is 0. The minimum Gasteiger partial charge on any atom is -0.296 e. The van der Waals surface area contributed by atoms with Crippen LogP contribution in [0, 0.1) is 0 Å². The molecule has 0 N–H and O–H groups in total. The Hall–Kier alpha value is -0.120. The van der Waals surface area contributed by atoms with Gasteiger partial charge in [-0.15, -0.1) is 11.3 Å². The first kappa shape index (κ1) is 13.9. The molecule has 1 rings (SSSR count). The summed E-state index contributed by atoms with van der Waals surface area (Å²) in [5.41, 5.74) is 0. The summed E-state index contributed by atoms with van der Waals surface area (Å²) in [7, 11) is 0. The van der Waals surface area contributed by atoms with E-state index in [0.717, 1.165) is 6.54 Å². The van der Waals surface area contributed by atoms with Gasteiger partial charge in [-0.3, -0.25) is 4.90 Å². The number of hydrogen-bond acceptors (Lipinski definition) is 3. The van der Waals surface area contributed by atoms with Gasteiger partial charge in [0.1, 0.15) is 0 Å². The largest absolute Gasteiger partial charge is 0.296 e. The zero-order valence-corrected chi connectivity index (χ0v) is 11.9. The Bertz CT molecular complexity index is 299. The zero-order chi connectivity index (χ0) is 12.0. The molecule has 16 heavy (non-hydrogen) atoms.